The van der Waals surface area contributed by atoms with E-state index >= 15 is 0 Å². The Morgan fingerprint density at radius 3 is 2.35 bits per heavy atom. The van der Waals surface area contributed by atoms with E-state index in [-0.39, 0.29) is 5.56 Å². The van der Waals surface area contributed by atoms with E-state index in [0.717, 1.165) is 6.42 Å². The molecular formula is C17H17FO2. The van der Waals surface area contributed by atoms with Crippen LogP contribution in [0.1, 0.15) is 29.8 Å². The molecule has 0 aliphatic rings. The van der Waals surface area contributed by atoms with Gasteiger partial charge in [-0.3, -0.25) is 0 Å². The van der Waals surface area contributed by atoms with Crippen molar-refractivity contribution in [2.24, 2.45) is 5.92 Å². The molecule has 2 aromatic carbocycles. The molecule has 0 unspecified atom stereocenters. The van der Waals surface area contributed by atoms with Gasteiger partial charge in [0.2, 0.25) is 0 Å². The van der Waals surface area contributed by atoms with Crippen molar-refractivity contribution >= 4 is 5.97 Å². The predicted octanol–water partition coefficient (Wildman–Crippen LogP) is 4.39. The average molecular weight is 272 g/mol. The molecular weight excluding hydrogens is 255 g/mol. The maximum atomic E-state index is 14.1. The number of hydrogen-bond donors (Lipinski definition) is 1. The van der Waals surface area contributed by atoms with Crippen LogP contribution in [0.2, 0.25) is 0 Å². The average Bonchev–Trinajstić information content (AvgIpc) is 2.39. The summed E-state index contributed by atoms with van der Waals surface area (Å²) in [5.41, 5.74) is 1.91. The van der Waals surface area contributed by atoms with Gasteiger partial charge in [0.1, 0.15) is 5.82 Å². The minimum atomic E-state index is -1.25. The van der Waals surface area contributed by atoms with Crippen molar-refractivity contribution in [3.8, 4) is 11.1 Å². The van der Waals surface area contributed by atoms with Crippen molar-refractivity contribution in [1.29, 1.82) is 0 Å². The molecule has 0 spiro atoms. The summed E-state index contributed by atoms with van der Waals surface area (Å²) < 4.78 is 14.1. The van der Waals surface area contributed by atoms with Gasteiger partial charge in [-0.25, -0.2) is 9.18 Å². The van der Waals surface area contributed by atoms with Crippen LogP contribution in [0, 0.1) is 11.7 Å². The van der Waals surface area contributed by atoms with Crippen LogP contribution in [0.5, 0.6) is 0 Å². The van der Waals surface area contributed by atoms with Gasteiger partial charge in [-0.2, -0.15) is 0 Å². The first-order valence-corrected chi connectivity index (χ1v) is 6.60. The molecule has 0 radical (unpaired) electrons. The molecule has 0 saturated heterocycles. The summed E-state index contributed by atoms with van der Waals surface area (Å²) >= 11 is 0. The Balaban J connectivity index is 2.37. The Bertz CT molecular complexity index is 615. The molecule has 2 rings (SSSR count). The molecule has 3 heteroatoms. The van der Waals surface area contributed by atoms with E-state index in [1.807, 2.05) is 24.3 Å². The van der Waals surface area contributed by atoms with Crippen molar-refractivity contribution in [3.05, 3.63) is 59.4 Å². The number of hydrogen-bond acceptors (Lipinski definition) is 1. The van der Waals surface area contributed by atoms with Crippen LogP contribution in [-0.2, 0) is 6.42 Å². The van der Waals surface area contributed by atoms with Gasteiger partial charge in [0.05, 0.1) is 5.56 Å². The third-order valence-corrected chi connectivity index (χ3v) is 3.14. The molecule has 0 fully saturated rings. The van der Waals surface area contributed by atoms with E-state index in [1.165, 1.54) is 11.6 Å². The minimum Gasteiger partial charge on any atom is -0.478 e. The maximum absolute atomic E-state index is 14.1. The van der Waals surface area contributed by atoms with Gasteiger partial charge in [0.25, 0.3) is 0 Å². The Morgan fingerprint density at radius 1 is 1.15 bits per heavy atom. The van der Waals surface area contributed by atoms with Crippen LogP contribution in [0.4, 0.5) is 4.39 Å². The molecule has 0 amide bonds. The second-order valence-electron chi connectivity index (χ2n) is 5.27. The lowest BCUT2D eigenvalue weighted by molar-refractivity contribution is 0.0692. The van der Waals surface area contributed by atoms with Crippen molar-refractivity contribution in [3.63, 3.8) is 0 Å². The second kappa shape index (κ2) is 5.87. The van der Waals surface area contributed by atoms with E-state index in [2.05, 4.69) is 13.8 Å². The highest BCUT2D eigenvalue weighted by Gasteiger charge is 2.14. The van der Waals surface area contributed by atoms with E-state index < -0.39 is 11.8 Å². The summed E-state index contributed by atoms with van der Waals surface area (Å²) in [6.07, 6.45) is 0.970. The van der Waals surface area contributed by atoms with Crippen molar-refractivity contribution in [1.82, 2.24) is 0 Å². The van der Waals surface area contributed by atoms with Crippen LogP contribution >= 0.6 is 0 Å². The monoisotopic (exact) mass is 272 g/mol. The first-order chi connectivity index (χ1) is 9.49. The van der Waals surface area contributed by atoms with Crippen LogP contribution in [0.25, 0.3) is 11.1 Å². The van der Waals surface area contributed by atoms with Crippen LogP contribution in [0.15, 0.2) is 42.5 Å². The lowest BCUT2D eigenvalue weighted by Gasteiger charge is -2.08. The normalized spacial score (nSPS) is 10.8. The largest absolute Gasteiger partial charge is 0.478 e. The molecule has 2 nitrogen and oxygen atoms in total. The van der Waals surface area contributed by atoms with Gasteiger partial charge in [-0.1, -0.05) is 50.2 Å². The van der Waals surface area contributed by atoms with Crippen LogP contribution in [-0.4, -0.2) is 11.1 Å². The fourth-order valence-corrected chi connectivity index (χ4v) is 2.21. The van der Waals surface area contributed by atoms with E-state index in [1.54, 1.807) is 12.1 Å². The van der Waals surface area contributed by atoms with Gasteiger partial charge >= 0.3 is 5.97 Å². The lowest BCUT2D eigenvalue weighted by Crippen LogP contribution is -2.01. The fraction of sp³-hybridized carbons (Fsp3) is 0.235. The van der Waals surface area contributed by atoms with Gasteiger partial charge in [0, 0.05) is 5.56 Å². The lowest BCUT2D eigenvalue weighted by atomic mass is 9.98. The summed E-state index contributed by atoms with van der Waals surface area (Å²) in [6, 6.07) is 12.0. The first-order valence-electron chi connectivity index (χ1n) is 6.60. The third kappa shape index (κ3) is 3.05. The highest BCUT2D eigenvalue weighted by Crippen LogP contribution is 2.25. The number of rotatable bonds is 4. The zero-order chi connectivity index (χ0) is 14.7. The van der Waals surface area contributed by atoms with Gasteiger partial charge in [0.15, 0.2) is 0 Å². The number of halogens is 1. The smallest absolute Gasteiger partial charge is 0.338 e. The molecule has 0 saturated carbocycles. The molecule has 0 heterocycles. The molecule has 1 N–H and O–H groups in total. The molecule has 0 aliphatic carbocycles. The topological polar surface area (TPSA) is 37.3 Å². The predicted molar refractivity (Wildman–Crippen MR) is 77.3 cm³/mol. The molecule has 0 aliphatic heterocycles. The zero-order valence-electron chi connectivity index (χ0n) is 11.6. The highest BCUT2D eigenvalue weighted by atomic mass is 19.1. The molecule has 0 bridgehead atoms. The zero-order valence-corrected chi connectivity index (χ0v) is 11.6. The Hall–Kier alpha value is -2.16. The third-order valence-electron chi connectivity index (χ3n) is 3.14. The number of benzene rings is 2. The quantitative estimate of drug-likeness (QED) is 0.896. The summed E-state index contributed by atoms with van der Waals surface area (Å²) in [5.74, 6) is -1.37. The molecule has 2 aromatic rings. The Labute approximate surface area is 117 Å². The second-order valence-corrected chi connectivity index (χ2v) is 5.27. The number of carboxylic acid groups (broad SMARTS) is 1. The van der Waals surface area contributed by atoms with E-state index in [4.69, 9.17) is 5.11 Å². The Kier molecular flexibility index (Phi) is 4.18. The summed E-state index contributed by atoms with van der Waals surface area (Å²) in [5, 5.41) is 8.94. The van der Waals surface area contributed by atoms with E-state index in [9.17, 15) is 9.18 Å². The summed E-state index contributed by atoms with van der Waals surface area (Å²) in [6.45, 7) is 4.29. The number of carboxylic acids is 1. The molecule has 104 valence electrons. The Morgan fingerprint density at radius 2 is 1.80 bits per heavy atom. The maximum Gasteiger partial charge on any atom is 0.338 e. The fourth-order valence-electron chi connectivity index (χ4n) is 2.21. The number of aromatic carboxylic acids is 1. The number of carbonyl (C=O) groups is 1. The SMILES string of the molecule is CC(C)Cc1ccc(-c2cccc(C(=O)O)c2F)cc1. The summed E-state index contributed by atoms with van der Waals surface area (Å²) in [7, 11) is 0. The standard InChI is InChI=1S/C17H17FO2/c1-11(2)10-12-6-8-13(9-7-12)14-4-3-5-15(16(14)18)17(19)20/h3-9,11H,10H2,1-2H3,(H,19,20). The van der Waals surface area contributed by atoms with E-state index in [0.29, 0.717) is 17.0 Å². The van der Waals surface area contributed by atoms with Crippen LogP contribution < -0.4 is 0 Å². The minimum absolute atomic E-state index is 0.297. The van der Waals surface area contributed by atoms with Crippen molar-refractivity contribution in [2.45, 2.75) is 20.3 Å². The van der Waals surface area contributed by atoms with Crippen LogP contribution in [0.3, 0.4) is 0 Å². The van der Waals surface area contributed by atoms with Gasteiger partial charge in [-0.05, 0) is 29.5 Å². The van der Waals surface area contributed by atoms with Crippen molar-refractivity contribution in [2.75, 3.05) is 0 Å². The molecule has 0 atom stereocenters. The summed E-state index contributed by atoms with van der Waals surface area (Å²) in [4.78, 5) is 10.9. The highest BCUT2D eigenvalue weighted by molar-refractivity contribution is 5.90. The molecule has 20 heavy (non-hydrogen) atoms. The van der Waals surface area contributed by atoms with Gasteiger partial charge in [-0.15, -0.1) is 0 Å². The van der Waals surface area contributed by atoms with Gasteiger partial charge < -0.3 is 5.11 Å². The van der Waals surface area contributed by atoms with Crippen molar-refractivity contribution < 1.29 is 14.3 Å². The molecule has 0 aromatic heterocycles. The first kappa shape index (κ1) is 14.3.